The van der Waals surface area contributed by atoms with Gasteiger partial charge in [0.2, 0.25) is 7.59 Å². The minimum absolute atomic E-state index is 0.0811. The van der Waals surface area contributed by atoms with Crippen LogP contribution < -0.4 is 0 Å². The van der Waals surface area contributed by atoms with Gasteiger partial charge in [-0.05, 0) is 18.2 Å². The second kappa shape index (κ2) is 8.13. The van der Waals surface area contributed by atoms with E-state index in [4.69, 9.17) is 79.1 Å². The molecular weight excluding hydrogens is 421 g/mol. The Balaban J connectivity index is 2.73. The van der Waals surface area contributed by atoms with E-state index in [0.29, 0.717) is 0 Å². The standard InChI is InChI=1S/C12H8Cl6O4/c13-11(14,15)5-21-9(19)7-2-1-3-8(4-7)10(20)22-6-12(16,17)18/h1-4H,5-6H2. The fourth-order valence-electron chi connectivity index (χ4n) is 1.23. The number of rotatable bonds is 4. The van der Waals surface area contributed by atoms with Crippen molar-refractivity contribution in [1.82, 2.24) is 0 Å². The molecule has 0 spiro atoms. The predicted octanol–water partition coefficient (Wildman–Crippen LogP) is 4.74. The summed E-state index contributed by atoms with van der Waals surface area (Å²) in [6.07, 6.45) is 0. The quantitative estimate of drug-likeness (QED) is 0.513. The van der Waals surface area contributed by atoms with Crippen LogP contribution in [-0.4, -0.2) is 32.7 Å². The Morgan fingerprint density at radius 1 is 0.818 bits per heavy atom. The summed E-state index contributed by atoms with van der Waals surface area (Å²) in [6, 6.07) is 5.55. The fraction of sp³-hybridized carbons (Fsp3) is 0.333. The van der Waals surface area contributed by atoms with Crippen LogP contribution in [-0.2, 0) is 9.47 Å². The Kier molecular flexibility index (Phi) is 7.37. The molecule has 4 nitrogen and oxygen atoms in total. The third kappa shape index (κ3) is 7.95. The molecule has 0 radical (unpaired) electrons. The summed E-state index contributed by atoms with van der Waals surface area (Å²) in [4.78, 5) is 23.5. The summed E-state index contributed by atoms with van der Waals surface area (Å²) in [7, 11) is 0. The first-order chi connectivity index (χ1) is 9.98. The summed E-state index contributed by atoms with van der Waals surface area (Å²) in [5.74, 6) is -1.52. The lowest BCUT2D eigenvalue weighted by Crippen LogP contribution is -2.19. The van der Waals surface area contributed by atoms with Crippen LogP contribution >= 0.6 is 69.6 Å². The SMILES string of the molecule is O=C(OCC(Cl)(Cl)Cl)c1cccc(C(=O)OCC(Cl)(Cl)Cl)c1. The molecule has 0 unspecified atom stereocenters. The Morgan fingerprint density at radius 2 is 1.18 bits per heavy atom. The van der Waals surface area contributed by atoms with E-state index in [9.17, 15) is 9.59 Å². The Hall–Kier alpha value is -0.100. The average molecular weight is 429 g/mol. The molecule has 0 aliphatic heterocycles. The number of alkyl halides is 6. The molecule has 0 saturated carbocycles. The van der Waals surface area contributed by atoms with Gasteiger partial charge in [0.05, 0.1) is 11.1 Å². The van der Waals surface area contributed by atoms with Gasteiger partial charge in [0.15, 0.2) is 0 Å². The molecule has 1 aromatic carbocycles. The van der Waals surface area contributed by atoms with Crippen molar-refractivity contribution in [2.75, 3.05) is 13.2 Å². The van der Waals surface area contributed by atoms with E-state index in [1.165, 1.54) is 24.3 Å². The van der Waals surface area contributed by atoms with E-state index < -0.39 is 32.7 Å². The number of benzene rings is 1. The maximum atomic E-state index is 11.8. The largest absolute Gasteiger partial charge is 0.458 e. The fourth-order valence-corrected chi connectivity index (χ4v) is 1.56. The van der Waals surface area contributed by atoms with Gasteiger partial charge < -0.3 is 9.47 Å². The maximum absolute atomic E-state index is 11.8. The van der Waals surface area contributed by atoms with E-state index in [2.05, 4.69) is 0 Å². The summed E-state index contributed by atoms with van der Waals surface area (Å²) >= 11 is 32.8. The van der Waals surface area contributed by atoms with Crippen LogP contribution in [0.3, 0.4) is 0 Å². The number of halogens is 6. The van der Waals surface area contributed by atoms with E-state index in [1.807, 2.05) is 0 Å². The van der Waals surface area contributed by atoms with Gasteiger partial charge >= 0.3 is 11.9 Å². The van der Waals surface area contributed by atoms with Crippen molar-refractivity contribution in [3.63, 3.8) is 0 Å². The number of carbonyl (C=O) groups is 2. The van der Waals surface area contributed by atoms with E-state index in [-0.39, 0.29) is 11.1 Å². The Labute approximate surface area is 156 Å². The minimum atomic E-state index is -1.73. The molecule has 0 aliphatic carbocycles. The van der Waals surface area contributed by atoms with Gasteiger partial charge in [0.1, 0.15) is 13.2 Å². The molecule has 0 heterocycles. The van der Waals surface area contributed by atoms with Gasteiger partial charge in [-0.2, -0.15) is 0 Å². The molecule has 1 rings (SSSR count). The third-order valence-corrected chi connectivity index (χ3v) is 2.72. The number of ether oxygens (including phenoxy) is 2. The van der Waals surface area contributed by atoms with Gasteiger partial charge in [-0.15, -0.1) is 0 Å². The van der Waals surface area contributed by atoms with Crippen molar-refractivity contribution >= 4 is 81.5 Å². The first kappa shape index (κ1) is 19.9. The molecule has 22 heavy (non-hydrogen) atoms. The molecule has 0 aromatic heterocycles. The van der Waals surface area contributed by atoms with Crippen LogP contribution in [0.4, 0.5) is 0 Å². The second-order valence-corrected chi connectivity index (χ2v) is 9.00. The zero-order valence-corrected chi connectivity index (χ0v) is 15.2. The smallest absolute Gasteiger partial charge is 0.338 e. The first-order valence-corrected chi connectivity index (χ1v) is 7.82. The van der Waals surface area contributed by atoms with Crippen LogP contribution in [0.5, 0.6) is 0 Å². The highest BCUT2D eigenvalue weighted by Crippen LogP contribution is 2.27. The molecular formula is C12H8Cl6O4. The zero-order valence-electron chi connectivity index (χ0n) is 10.6. The highest BCUT2D eigenvalue weighted by molar-refractivity contribution is 6.68. The summed E-state index contributed by atoms with van der Waals surface area (Å²) < 4.78 is 6.13. The normalized spacial score (nSPS) is 11.9. The van der Waals surface area contributed by atoms with Gasteiger partial charge in [0.25, 0.3) is 0 Å². The lowest BCUT2D eigenvalue weighted by Gasteiger charge is -2.12. The van der Waals surface area contributed by atoms with Gasteiger partial charge in [0, 0.05) is 0 Å². The number of carbonyl (C=O) groups excluding carboxylic acids is 2. The van der Waals surface area contributed by atoms with Crippen molar-refractivity contribution in [2.24, 2.45) is 0 Å². The van der Waals surface area contributed by atoms with Crippen molar-refractivity contribution in [2.45, 2.75) is 7.59 Å². The number of hydrogen-bond donors (Lipinski definition) is 0. The molecule has 0 fully saturated rings. The molecule has 1 aromatic rings. The molecule has 10 heteroatoms. The van der Waals surface area contributed by atoms with Gasteiger partial charge in [-0.1, -0.05) is 75.7 Å². The molecule has 0 bridgehead atoms. The van der Waals surface area contributed by atoms with Gasteiger partial charge in [-0.3, -0.25) is 0 Å². The second-order valence-electron chi connectivity index (χ2n) is 3.96. The Morgan fingerprint density at radius 3 is 1.50 bits per heavy atom. The number of hydrogen-bond acceptors (Lipinski definition) is 4. The molecule has 122 valence electrons. The van der Waals surface area contributed by atoms with E-state index in [0.717, 1.165) is 0 Å². The molecule has 0 N–H and O–H groups in total. The molecule has 0 amide bonds. The predicted molar refractivity (Wildman–Crippen MR) is 87.6 cm³/mol. The Bertz CT molecular complexity index is 504. The third-order valence-electron chi connectivity index (χ3n) is 2.07. The number of esters is 2. The zero-order chi connectivity index (χ0) is 17.0. The van der Waals surface area contributed by atoms with Crippen molar-refractivity contribution in [1.29, 1.82) is 0 Å². The van der Waals surface area contributed by atoms with Crippen molar-refractivity contribution in [3.8, 4) is 0 Å². The highest BCUT2D eigenvalue weighted by atomic mass is 35.6. The average Bonchev–Trinajstić information content (AvgIpc) is 2.40. The van der Waals surface area contributed by atoms with Crippen molar-refractivity contribution < 1.29 is 19.1 Å². The maximum Gasteiger partial charge on any atom is 0.338 e. The minimum Gasteiger partial charge on any atom is -0.458 e. The van der Waals surface area contributed by atoms with Crippen LogP contribution in [0.2, 0.25) is 0 Å². The summed E-state index contributed by atoms with van der Waals surface area (Å²) in [5.41, 5.74) is 0.162. The monoisotopic (exact) mass is 426 g/mol. The first-order valence-electron chi connectivity index (χ1n) is 5.56. The van der Waals surface area contributed by atoms with Crippen LogP contribution in [0.25, 0.3) is 0 Å². The lowest BCUT2D eigenvalue weighted by molar-refractivity contribution is 0.0510. The van der Waals surface area contributed by atoms with Crippen LogP contribution in [0, 0.1) is 0 Å². The molecule has 0 saturated heterocycles. The molecule has 0 aliphatic rings. The van der Waals surface area contributed by atoms with Gasteiger partial charge in [-0.25, -0.2) is 9.59 Å². The highest BCUT2D eigenvalue weighted by Gasteiger charge is 2.24. The van der Waals surface area contributed by atoms with E-state index >= 15 is 0 Å². The lowest BCUT2D eigenvalue weighted by atomic mass is 10.1. The van der Waals surface area contributed by atoms with Crippen molar-refractivity contribution in [3.05, 3.63) is 35.4 Å². The van der Waals surface area contributed by atoms with E-state index in [1.54, 1.807) is 0 Å². The molecule has 0 atom stereocenters. The van der Waals surface area contributed by atoms with Crippen LogP contribution in [0.1, 0.15) is 20.7 Å². The topological polar surface area (TPSA) is 52.6 Å². The summed E-state index contributed by atoms with van der Waals surface area (Å²) in [6.45, 7) is -0.864. The van der Waals surface area contributed by atoms with Crippen LogP contribution in [0.15, 0.2) is 24.3 Å². The summed E-state index contributed by atoms with van der Waals surface area (Å²) in [5, 5.41) is 0.